The van der Waals surface area contributed by atoms with Crippen LogP contribution in [0.25, 0.3) is 0 Å². The van der Waals surface area contributed by atoms with Gasteiger partial charge in [0.25, 0.3) is 0 Å². The molecule has 0 aliphatic carbocycles. The molecule has 0 fully saturated rings. The van der Waals surface area contributed by atoms with Gasteiger partial charge in [0.05, 0.1) is 5.56 Å². The molecule has 0 amide bonds. The van der Waals surface area contributed by atoms with Gasteiger partial charge in [-0.25, -0.2) is 4.79 Å². The smallest absolute Gasteiger partial charge is 0.339 e. The van der Waals surface area contributed by atoms with E-state index in [1.165, 1.54) is 18.2 Å². The Bertz CT molecular complexity index is 413. The third-order valence-electron chi connectivity index (χ3n) is 2.09. The first kappa shape index (κ1) is 13.2. The van der Waals surface area contributed by atoms with Crippen molar-refractivity contribution in [2.45, 2.75) is 20.1 Å². The van der Waals surface area contributed by atoms with Crippen molar-refractivity contribution in [1.82, 2.24) is 0 Å². The fourth-order valence-corrected chi connectivity index (χ4v) is 1.38. The Labute approximate surface area is 99.0 Å². The highest BCUT2D eigenvalue weighted by molar-refractivity contribution is 5.95. The summed E-state index contributed by atoms with van der Waals surface area (Å²) in [6.07, 6.45) is -0.0559. The predicted octanol–water partition coefficient (Wildman–Crippen LogP) is 1.96. The van der Waals surface area contributed by atoms with Crippen LogP contribution in [0, 0.1) is 0 Å². The number of aldehydes is 1. The maximum absolute atomic E-state index is 11.0. The fourth-order valence-electron chi connectivity index (χ4n) is 1.38. The van der Waals surface area contributed by atoms with Crippen molar-refractivity contribution in [2.75, 3.05) is 6.61 Å². The molecule has 0 heterocycles. The highest BCUT2D eigenvalue weighted by Gasteiger charge is 2.17. The SMILES string of the molecule is CCOC(C)Oc1c(C=O)cccc1C(=O)O. The Balaban J connectivity index is 3.09. The van der Waals surface area contributed by atoms with Crippen molar-refractivity contribution in [2.24, 2.45) is 0 Å². The topological polar surface area (TPSA) is 72.8 Å². The van der Waals surface area contributed by atoms with Crippen LogP contribution in [-0.2, 0) is 4.74 Å². The zero-order valence-electron chi connectivity index (χ0n) is 9.67. The maximum Gasteiger partial charge on any atom is 0.339 e. The Morgan fingerprint density at radius 1 is 1.53 bits per heavy atom. The second-order valence-electron chi connectivity index (χ2n) is 3.29. The van der Waals surface area contributed by atoms with Crippen LogP contribution < -0.4 is 4.74 Å². The number of para-hydroxylation sites is 1. The van der Waals surface area contributed by atoms with E-state index < -0.39 is 12.3 Å². The van der Waals surface area contributed by atoms with E-state index in [0.717, 1.165) is 0 Å². The fraction of sp³-hybridized carbons (Fsp3) is 0.333. The molecule has 0 aromatic heterocycles. The molecule has 0 aliphatic rings. The van der Waals surface area contributed by atoms with E-state index in [-0.39, 0.29) is 16.9 Å². The first-order chi connectivity index (χ1) is 8.10. The number of aromatic carboxylic acids is 1. The first-order valence-corrected chi connectivity index (χ1v) is 5.19. The molecule has 0 spiro atoms. The van der Waals surface area contributed by atoms with Crippen molar-refractivity contribution in [1.29, 1.82) is 0 Å². The molecule has 1 unspecified atom stereocenters. The summed E-state index contributed by atoms with van der Waals surface area (Å²) < 4.78 is 10.5. The number of hydrogen-bond donors (Lipinski definition) is 1. The Hall–Kier alpha value is -1.88. The van der Waals surface area contributed by atoms with Crippen LogP contribution in [-0.4, -0.2) is 30.3 Å². The van der Waals surface area contributed by atoms with Gasteiger partial charge in [0.15, 0.2) is 12.6 Å². The van der Waals surface area contributed by atoms with E-state index in [2.05, 4.69) is 0 Å². The molecule has 0 radical (unpaired) electrons. The lowest BCUT2D eigenvalue weighted by atomic mass is 10.1. The summed E-state index contributed by atoms with van der Waals surface area (Å²) in [4.78, 5) is 21.8. The maximum atomic E-state index is 11.0. The van der Waals surface area contributed by atoms with Crippen LogP contribution >= 0.6 is 0 Å². The summed E-state index contributed by atoms with van der Waals surface area (Å²) in [6.45, 7) is 3.87. The normalized spacial score (nSPS) is 11.9. The van der Waals surface area contributed by atoms with E-state index in [0.29, 0.717) is 12.9 Å². The van der Waals surface area contributed by atoms with Crippen molar-refractivity contribution >= 4 is 12.3 Å². The predicted molar refractivity (Wildman–Crippen MR) is 60.5 cm³/mol. The highest BCUT2D eigenvalue weighted by Crippen LogP contribution is 2.24. The first-order valence-electron chi connectivity index (χ1n) is 5.19. The standard InChI is InChI=1S/C12H14O5/c1-3-16-8(2)17-11-9(7-13)5-4-6-10(11)12(14)15/h4-8H,3H2,1-2H3,(H,14,15). The van der Waals surface area contributed by atoms with Gasteiger partial charge in [-0.3, -0.25) is 4.79 Å². The number of ether oxygens (including phenoxy) is 2. The Kier molecular flexibility index (Phi) is 4.66. The quantitative estimate of drug-likeness (QED) is 0.605. The monoisotopic (exact) mass is 238 g/mol. The van der Waals surface area contributed by atoms with Gasteiger partial charge >= 0.3 is 5.97 Å². The largest absolute Gasteiger partial charge is 0.478 e. The molecular formula is C12H14O5. The minimum atomic E-state index is -1.15. The molecule has 0 bridgehead atoms. The van der Waals surface area contributed by atoms with Crippen LogP contribution in [0.4, 0.5) is 0 Å². The molecule has 5 heteroatoms. The molecular weight excluding hydrogens is 224 g/mol. The molecule has 1 atom stereocenters. The van der Waals surface area contributed by atoms with Gasteiger partial charge in [0, 0.05) is 6.61 Å². The van der Waals surface area contributed by atoms with E-state index in [1.807, 2.05) is 0 Å². The second kappa shape index (κ2) is 6.00. The lowest BCUT2D eigenvalue weighted by Crippen LogP contribution is -2.18. The van der Waals surface area contributed by atoms with Crippen LogP contribution in [0.3, 0.4) is 0 Å². The molecule has 0 saturated carbocycles. The molecule has 0 saturated heterocycles. The lowest BCUT2D eigenvalue weighted by molar-refractivity contribution is -0.0618. The number of benzene rings is 1. The molecule has 1 aromatic rings. The number of carboxylic acid groups (broad SMARTS) is 1. The van der Waals surface area contributed by atoms with Crippen molar-refractivity contribution < 1.29 is 24.2 Å². The summed E-state index contributed by atoms with van der Waals surface area (Å²) in [6, 6.07) is 4.36. The minimum absolute atomic E-state index is 0.0379. The average molecular weight is 238 g/mol. The number of hydrogen-bond acceptors (Lipinski definition) is 4. The van der Waals surface area contributed by atoms with Crippen LogP contribution in [0.5, 0.6) is 5.75 Å². The number of carbonyl (C=O) groups excluding carboxylic acids is 1. The Morgan fingerprint density at radius 3 is 2.76 bits per heavy atom. The number of carboxylic acids is 1. The van der Waals surface area contributed by atoms with Gasteiger partial charge in [0.1, 0.15) is 11.3 Å². The van der Waals surface area contributed by atoms with Crippen LogP contribution in [0.1, 0.15) is 34.6 Å². The third-order valence-corrected chi connectivity index (χ3v) is 2.09. The molecule has 0 aliphatic heterocycles. The van der Waals surface area contributed by atoms with Gasteiger partial charge in [-0.2, -0.15) is 0 Å². The molecule has 1 N–H and O–H groups in total. The van der Waals surface area contributed by atoms with E-state index in [9.17, 15) is 9.59 Å². The van der Waals surface area contributed by atoms with Crippen molar-refractivity contribution in [3.8, 4) is 5.75 Å². The zero-order chi connectivity index (χ0) is 12.8. The van der Waals surface area contributed by atoms with Gasteiger partial charge in [-0.15, -0.1) is 0 Å². The van der Waals surface area contributed by atoms with Gasteiger partial charge in [-0.1, -0.05) is 6.07 Å². The Morgan fingerprint density at radius 2 is 2.24 bits per heavy atom. The molecule has 5 nitrogen and oxygen atoms in total. The third kappa shape index (κ3) is 3.29. The summed E-state index contributed by atoms with van der Waals surface area (Å²) in [5.74, 6) is -1.11. The van der Waals surface area contributed by atoms with E-state index in [4.69, 9.17) is 14.6 Å². The number of carbonyl (C=O) groups is 2. The molecule has 1 aromatic carbocycles. The zero-order valence-corrected chi connectivity index (χ0v) is 9.67. The summed E-state index contributed by atoms with van der Waals surface area (Å²) in [5, 5.41) is 8.99. The average Bonchev–Trinajstić information content (AvgIpc) is 2.29. The van der Waals surface area contributed by atoms with Crippen LogP contribution in [0.15, 0.2) is 18.2 Å². The van der Waals surface area contributed by atoms with E-state index >= 15 is 0 Å². The van der Waals surface area contributed by atoms with E-state index in [1.54, 1.807) is 13.8 Å². The van der Waals surface area contributed by atoms with Gasteiger partial charge in [0.2, 0.25) is 0 Å². The van der Waals surface area contributed by atoms with Crippen LogP contribution in [0.2, 0.25) is 0 Å². The molecule has 17 heavy (non-hydrogen) atoms. The number of rotatable bonds is 6. The highest BCUT2D eigenvalue weighted by atomic mass is 16.7. The lowest BCUT2D eigenvalue weighted by Gasteiger charge is -2.17. The summed E-state index contributed by atoms with van der Waals surface area (Å²) >= 11 is 0. The summed E-state index contributed by atoms with van der Waals surface area (Å²) in [5.41, 5.74) is 0.137. The minimum Gasteiger partial charge on any atom is -0.478 e. The van der Waals surface area contributed by atoms with Gasteiger partial charge < -0.3 is 14.6 Å². The summed E-state index contributed by atoms with van der Waals surface area (Å²) in [7, 11) is 0. The second-order valence-corrected chi connectivity index (χ2v) is 3.29. The van der Waals surface area contributed by atoms with Crippen molar-refractivity contribution in [3.63, 3.8) is 0 Å². The van der Waals surface area contributed by atoms with Gasteiger partial charge in [-0.05, 0) is 26.0 Å². The molecule has 92 valence electrons. The molecule has 1 rings (SSSR count). The van der Waals surface area contributed by atoms with Crippen molar-refractivity contribution in [3.05, 3.63) is 29.3 Å².